The lowest BCUT2D eigenvalue weighted by Crippen LogP contribution is -2.58. The number of nitrogens with zero attached hydrogens (tertiary/aromatic N) is 5. The molecule has 0 N–H and O–H groups in total. The second-order valence-corrected chi connectivity index (χ2v) is 19.6. The van der Waals surface area contributed by atoms with Crippen LogP contribution in [-0.4, -0.2) is 121 Å². The Kier molecular flexibility index (Phi) is 32.6. The summed E-state index contributed by atoms with van der Waals surface area (Å²) in [7, 11) is 11.4. The second kappa shape index (κ2) is 31.6. The van der Waals surface area contributed by atoms with Gasteiger partial charge in [0.15, 0.2) is 0 Å². The molecular formula is C54H117N5. The molecule has 0 aromatic heterocycles. The Morgan fingerprint density at radius 1 is 0.288 bits per heavy atom. The summed E-state index contributed by atoms with van der Waals surface area (Å²) < 4.78 is 0. The van der Waals surface area contributed by atoms with E-state index in [1.807, 2.05) is 69.2 Å². The predicted molar refractivity (Wildman–Crippen MR) is 271 cm³/mol. The van der Waals surface area contributed by atoms with Crippen molar-refractivity contribution < 1.29 is 0 Å². The van der Waals surface area contributed by atoms with Crippen molar-refractivity contribution in [3.63, 3.8) is 0 Å². The van der Waals surface area contributed by atoms with Crippen molar-refractivity contribution >= 4 is 0 Å². The van der Waals surface area contributed by atoms with Gasteiger partial charge in [-0.25, -0.2) is 0 Å². The molecule has 0 radical (unpaired) electrons. The fourth-order valence-corrected chi connectivity index (χ4v) is 12.5. The summed E-state index contributed by atoms with van der Waals surface area (Å²) in [5.74, 6) is 7.10. The molecule has 0 amide bonds. The third-order valence-electron chi connectivity index (χ3n) is 16.1. The number of fused-ring (bicyclic) bond motifs is 11. The summed E-state index contributed by atoms with van der Waals surface area (Å²) in [4.78, 5) is 12.7. The molecule has 59 heavy (non-hydrogen) atoms. The van der Waals surface area contributed by atoms with Crippen molar-refractivity contribution in [2.45, 2.75) is 263 Å². The van der Waals surface area contributed by atoms with Crippen molar-refractivity contribution in [3.8, 4) is 0 Å². The maximum absolute atomic E-state index is 2.60. The van der Waals surface area contributed by atoms with Gasteiger partial charge in [-0.1, -0.05) is 119 Å². The second-order valence-electron chi connectivity index (χ2n) is 19.6. The monoisotopic (exact) mass is 836 g/mol. The van der Waals surface area contributed by atoms with Crippen LogP contribution in [0.3, 0.4) is 0 Å². The first-order valence-electron chi connectivity index (χ1n) is 25.9. The number of hydrogen-bond donors (Lipinski definition) is 0. The van der Waals surface area contributed by atoms with Crippen LogP contribution in [0.2, 0.25) is 0 Å². The molecule has 12 unspecified atom stereocenters. The van der Waals surface area contributed by atoms with Crippen LogP contribution in [0.5, 0.6) is 0 Å². The predicted octanol–water partition coefficient (Wildman–Crippen LogP) is 14.3. The molecule has 13 fully saturated rings. The molecule has 0 spiro atoms. The lowest BCUT2D eigenvalue weighted by atomic mass is 9.73. The van der Waals surface area contributed by atoms with Gasteiger partial charge in [0.25, 0.3) is 0 Å². The minimum absolute atomic E-state index is 0. The smallest absolute Gasteiger partial charge is 0.0113 e. The minimum atomic E-state index is 0. The molecule has 358 valence electrons. The average molecular weight is 837 g/mol. The molecule has 4 aliphatic carbocycles. The highest BCUT2D eigenvalue weighted by Crippen LogP contribution is 2.42. The van der Waals surface area contributed by atoms with E-state index < -0.39 is 0 Å². The standard InChI is InChI=1S/2C9H17N.3C8H15N.5C2H6.2CH4/c1-7-5-9-4-3-8(7)6-10(9)2;1-7-5-8-3-4-9(6-7)10(8)2;1-6-3-8-4-7(6)5-9(8)2;2*1-6-3-7-5-8(4-6)9(7)2;5*1-2;;/h2*7-9H,3-6H2,1-2H3;3*6-8H,3-5H2,1-2H3;5*1-2H3;2*1H4. The molecule has 4 saturated carbocycles. The topological polar surface area (TPSA) is 16.2 Å². The van der Waals surface area contributed by atoms with E-state index in [-0.39, 0.29) is 14.9 Å². The van der Waals surface area contributed by atoms with E-state index in [9.17, 15) is 0 Å². The zero-order valence-electron chi connectivity index (χ0n) is 42.9. The molecule has 12 atom stereocenters. The highest BCUT2D eigenvalue weighted by Gasteiger charge is 2.43. The van der Waals surface area contributed by atoms with E-state index in [4.69, 9.17) is 0 Å². The van der Waals surface area contributed by atoms with E-state index in [0.29, 0.717) is 0 Å². The van der Waals surface area contributed by atoms with Crippen molar-refractivity contribution in [2.24, 2.45) is 41.4 Å². The molecule has 13 rings (SSSR count). The van der Waals surface area contributed by atoms with Gasteiger partial charge in [0.1, 0.15) is 0 Å². The Morgan fingerprint density at radius 3 is 0.797 bits per heavy atom. The first-order valence-corrected chi connectivity index (χ1v) is 25.9. The summed E-state index contributed by atoms with van der Waals surface area (Å²) in [5.41, 5.74) is 0. The van der Waals surface area contributed by atoms with Crippen molar-refractivity contribution in [3.05, 3.63) is 0 Å². The first-order chi connectivity index (χ1) is 27.4. The van der Waals surface area contributed by atoms with Crippen LogP contribution < -0.4 is 0 Å². The Balaban J connectivity index is 0. The van der Waals surface area contributed by atoms with Gasteiger partial charge in [0, 0.05) is 61.4 Å². The third-order valence-corrected chi connectivity index (χ3v) is 16.1. The zero-order valence-corrected chi connectivity index (χ0v) is 42.9. The van der Waals surface area contributed by atoms with Crippen molar-refractivity contribution in [1.29, 1.82) is 0 Å². The van der Waals surface area contributed by atoms with Gasteiger partial charge >= 0.3 is 0 Å². The largest absolute Gasteiger partial charge is 0.303 e. The van der Waals surface area contributed by atoms with E-state index in [1.165, 1.54) is 109 Å². The number of rotatable bonds is 0. The van der Waals surface area contributed by atoms with Crippen molar-refractivity contribution in [1.82, 2.24) is 24.5 Å². The van der Waals surface area contributed by atoms with Gasteiger partial charge in [-0.15, -0.1) is 0 Å². The Bertz CT molecular complexity index is 880. The summed E-state index contributed by atoms with van der Waals surface area (Å²) in [5, 5.41) is 0. The fraction of sp³-hybridized carbons (Fsp3) is 1.00. The lowest BCUT2D eigenvalue weighted by Gasteiger charge is -2.53. The van der Waals surface area contributed by atoms with Gasteiger partial charge in [-0.2, -0.15) is 0 Å². The number of likely N-dealkylation sites (tertiary alicyclic amines) is 1. The minimum Gasteiger partial charge on any atom is -0.303 e. The molecular weight excluding hydrogens is 719 g/mol. The summed E-state index contributed by atoms with van der Waals surface area (Å²) in [6, 6.07) is 7.59. The van der Waals surface area contributed by atoms with Gasteiger partial charge < -0.3 is 24.5 Å². The Labute approximate surface area is 376 Å². The van der Waals surface area contributed by atoms with Crippen LogP contribution in [0.25, 0.3) is 0 Å². The van der Waals surface area contributed by atoms with Gasteiger partial charge in [0.2, 0.25) is 0 Å². The number of piperidine rings is 6. The van der Waals surface area contributed by atoms with Gasteiger partial charge in [-0.05, 0) is 173 Å². The van der Waals surface area contributed by atoms with Crippen LogP contribution in [0, 0.1) is 41.4 Å². The van der Waals surface area contributed by atoms with Crippen LogP contribution in [0.1, 0.15) is 215 Å². The quantitative estimate of drug-likeness (QED) is 0.241. The lowest BCUT2D eigenvalue weighted by molar-refractivity contribution is -0.0258. The Hall–Kier alpha value is -0.200. The average Bonchev–Trinajstić information content (AvgIpc) is 3.86. The molecule has 0 aromatic rings. The first kappa shape index (κ1) is 60.9. The third kappa shape index (κ3) is 17.4. The summed E-state index contributed by atoms with van der Waals surface area (Å²) in [6.07, 6.45) is 22.0. The Morgan fingerprint density at radius 2 is 0.576 bits per heavy atom. The molecule has 9 heterocycles. The SMILES string of the molecule is C.C.CC.CC.CC.CC.CC.CC1CC2CC(C1)N2C.CC1CC2CC(C1)N2C.CC1CC2CC1CN2C.CC1CC2CCC(C1)N2C.CC1CC2CCC1CN2C. The molecule has 5 nitrogen and oxygen atoms in total. The maximum Gasteiger partial charge on any atom is 0.0113 e. The summed E-state index contributed by atoms with van der Waals surface area (Å²) in [6.45, 7) is 34.7. The molecule has 9 aliphatic heterocycles. The maximum atomic E-state index is 2.60. The fourth-order valence-electron chi connectivity index (χ4n) is 12.5. The normalized spacial score (nSPS) is 40.0. The van der Waals surface area contributed by atoms with Crippen LogP contribution >= 0.6 is 0 Å². The van der Waals surface area contributed by atoms with Crippen LogP contribution in [0.4, 0.5) is 0 Å². The summed E-state index contributed by atoms with van der Waals surface area (Å²) >= 11 is 0. The van der Waals surface area contributed by atoms with Gasteiger partial charge in [0.05, 0.1) is 0 Å². The van der Waals surface area contributed by atoms with Gasteiger partial charge in [-0.3, -0.25) is 0 Å². The van der Waals surface area contributed by atoms with E-state index in [0.717, 1.165) is 89.8 Å². The van der Waals surface area contributed by atoms with E-state index >= 15 is 0 Å². The molecule has 10 bridgehead atoms. The zero-order chi connectivity index (χ0) is 43.6. The van der Waals surface area contributed by atoms with Crippen LogP contribution in [-0.2, 0) is 0 Å². The molecule has 9 saturated heterocycles. The molecule has 13 aliphatic rings. The van der Waals surface area contributed by atoms with E-state index in [1.54, 1.807) is 0 Å². The molecule has 0 aromatic carbocycles. The highest BCUT2D eigenvalue weighted by molar-refractivity contribution is 4.98. The van der Waals surface area contributed by atoms with E-state index in [2.05, 4.69) is 94.4 Å². The number of hydrogen-bond acceptors (Lipinski definition) is 5. The molecule has 5 heteroatoms. The highest BCUT2D eigenvalue weighted by atomic mass is 15.2. The van der Waals surface area contributed by atoms with Crippen LogP contribution in [0.15, 0.2) is 0 Å². The van der Waals surface area contributed by atoms with Crippen molar-refractivity contribution in [2.75, 3.05) is 48.3 Å².